The zero-order chi connectivity index (χ0) is 20.0. The number of piperidine rings is 1. The van der Waals surface area contributed by atoms with Crippen LogP contribution in [0, 0.1) is 5.41 Å². The van der Waals surface area contributed by atoms with Gasteiger partial charge in [-0.25, -0.2) is 9.00 Å². The molecule has 1 amide bonds. The first-order chi connectivity index (χ1) is 12.4. The largest absolute Gasteiger partial charge is 0.444 e. The molecule has 8 nitrogen and oxygen atoms in total. The van der Waals surface area contributed by atoms with E-state index in [2.05, 4.69) is 14.6 Å². The fourth-order valence-electron chi connectivity index (χ4n) is 3.39. The number of hydrogen-bond acceptors (Lipinski definition) is 5. The second-order valence-corrected chi connectivity index (χ2v) is 11.2. The molecule has 1 aromatic rings. The highest BCUT2D eigenvalue weighted by molar-refractivity contribution is 7.85. The van der Waals surface area contributed by atoms with Crippen molar-refractivity contribution in [3.8, 4) is 0 Å². The molecule has 1 spiro atoms. The van der Waals surface area contributed by atoms with Gasteiger partial charge in [-0.1, -0.05) is 0 Å². The minimum absolute atomic E-state index is 0.259. The molecule has 0 aromatic carbocycles. The number of carbonyl (C=O) groups excluding carboxylic acids is 1. The van der Waals surface area contributed by atoms with E-state index in [4.69, 9.17) is 4.74 Å². The second kappa shape index (κ2) is 6.68. The summed E-state index contributed by atoms with van der Waals surface area (Å²) in [4.78, 5) is 14.1. The number of likely N-dealkylation sites (tertiary alicyclic amines) is 1. The molecule has 0 unspecified atom stereocenters. The van der Waals surface area contributed by atoms with Crippen LogP contribution in [0.3, 0.4) is 0 Å². The second-order valence-electron chi connectivity index (χ2n) is 9.33. The number of carbonyl (C=O) groups is 1. The van der Waals surface area contributed by atoms with Gasteiger partial charge in [0, 0.05) is 25.0 Å². The van der Waals surface area contributed by atoms with Gasteiger partial charge in [-0.15, -0.1) is 10.2 Å². The molecule has 0 aliphatic carbocycles. The van der Waals surface area contributed by atoms with Crippen LogP contribution in [0.2, 0.25) is 0 Å². The van der Waals surface area contributed by atoms with Crippen LogP contribution < -0.4 is 0 Å². The van der Waals surface area contributed by atoms with Crippen LogP contribution in [0.5, 0.6) is 0 Å². The number of fused-ring (bicyclic) bond motifs is 1. The number of ether oxygens (including phenoxy) is 1. The predicted octanol–water partition coefficient (Wildman–Crippen LogP) is 2.56. The van der Waals surface area contributed by atoms with Gasteiger partial charge in [0.2, 0.25) is 0 Å². The molecule has 1 aromatic heterocycles. The highest BCUT2D eigenvalue weighted by Gasteiger charge is 2.48. The van der Waals surface area contributed by atoms with E-state index in [1.165, 1.54) is 0 Å². The molecule has 0 bridgehead atoms. The lowest BCUT2D eigenvalue weighted by Crippen LogP contribution is -2.47. The van der Waals surface area contributed by atoms with Crippen molar-refractivity contribution in [2.75, 3.05) is 13.1 Å². The van der Waals surface area contributed by atoms with Crippen molar-refractivity contribution < 1.29 is 13.7 Å². The van der Waals surface area contributed by atoms with Gasteiger partial charge in [0.15, 0.2) is 5.82 Å². The van der Waals surface area contributed by atoms with Crippen molar-refractivity contribution in [3.05, 3.63) is 12.2 Å². The first kappa shape index (κ1) is 20.0. The normalized spacial score (nSPS) is 22.1. The van der Waals surface area contributed by atoms with Gasteiger partial charge >= 0.3 is 6.09 Å². The quantitative estimate of drug-likeness (QED) is 0.729. The van der Waals surface area contributed by atoms with Gasteiger partial charge in [-0.3, -0.25) is 0 Å². The summed E-state index contributed by atoms with van der Waals surface area (Å²) in [5.41, 5.74) is -0.00822. The zero-order valence-electron chi connectivity index (χ0n) is 17.0. The van der Waals surface area contributed by atoms with Gasteiger partial charge in [0.1, 0.15) is 28.6 Å². The van der Waals surface area contributed by atoms with E-state index >= 15 is 0 Å². The lowest BCUT2D eigenvalue weighted by atomic mass is 9.76. The lowest BCUT2D eigenvalue weighted by Gasteiger charge is -2.39. The summed E-state index contributed by atoms with van der Waals surface area (Å²) in [6.07, 6.45) is 2.87. The first-order valence-corrected chi connectivity index (χ1v) is 10.4. The van der Waals surface area contributed by atoms with Crippen molar-refractivity contribution in [3.63, 3.8) is 0 Å². The molecule has 2 aliphatic heterocycles. The molecular formula is C18H29N5O3S. The topological polar surface area (TPSA) is 89.7 Å². The van der Waals surface area contributed by atoms with E-state index in [9.17, 15) is 9.00 Å². The molecule has 1 atom stereocenters. The predicted molar refractivity (Wildman–Crippen MR) is 104 cm³/mol. The van der Waals surface area contributed by atoms with Gasteiger partial charge in [-0.05, 0) is 54.4 Å². The number of aromatic nitrogens is 3. The summed E-state index contributed by atoms with van der Waals surface area (Å²) < 4.78 is 24.3. The van der Waals surface area contributed by atoms with Crippen LogP contribution in [0.4, 0.5) is 4.79 Å². The highest BCUT2D eigenvalue weighted by Crippen LogP contribution is 2.42. The lowest BCUT2D eigenvalue weighted by molar-refractivity contribution is 0.0151. The standard InChI is InChI=1S/C18H29N5O3S/c1-16(2,3)26-15(24)22-9-7-18(8-10-22)11-23-12-19-20-14(23)13(18)21-27(25)17(4,5)6/h12H,7-11H2,1-6H3/t27-/m1/s1. The van der Waals surface area contributed by atoms with Gasteiger partial charge in [0.05, 0.1) is 4.75 Å². The Morgan fingerprint density at radius 3 is 2.41 bits per heavy atom. The van der Waals surface area contributed by atoms with Crippen molar-refractivity contribution in [2.45, 2.75) is 71.3 Å². The number of amides is 1. The summed E-state index contributed by atoms with van der Waals surface area (Å²) in [6, 6.07) is 0. The Morgan fingerprint density at radius 2 is 1.85 bits per heavy atom. The Kier molecular flexibility index (Phi) is 4.95. The van der Waals surface area contributed by atoms with Crippen molar-refractivity contribution in [1.29, 1.82) is 0 Å². The van der Waals surface area contributed by atoms with Gasteiger partial charge < -0.3 is 14.2 Å². The summed E-state index contributed by atoms with van der Waals surface area (Å²) in [7, 11) is -1.38. The van der Waals surface area contributed by atoms with Gasteiger partial charge in [-0.2, -0.15) is 4.40 Å². The molecule has 0 N–H and O–H groups in total. The number of rotatable bonds is 1. The monoisotopic (exact) mass is 395 g/mol. The molecule has 150 valence electrons. The molecule has 2 aliphatic rings. The molecule has 3 heterocycles. The summed E-state index contributed by atoms with van der Waals surface area (Å²) >= 11 is 0. The van der Waals surface area contributed by atoms with Crippen LogP contribution in [0.25, 0.3) is 0 Å². The molecule has 0 radical (unpaired) electrons. The van der Waals surface area contributed by atoms with Crippen LogP contribution >= 0.6 is 0 Å². The Labute approximate surface area is 163 Å². The van der Waals surface area contributed by atoms with Crippen LogP contribution in [-0.4, -0.2) is 59.1 Å². The summed E-state index contributed by atoms with van der Waals surface area (Å²) in [5, 5.41) is 8.18. The third-order valence-corrected chi connectivity index (χ3v) is 6.27. The summed E-state index contributed by atoms with van der Waals surface area (Å²) in [5.74, 6) is 0.693. The van der Waals surface area contributed by atoms with E-state index in [0.29, 0.717) is 25.5 Å². The van der Waals surface area contributed by atoms with Crippen molar-refractivity contribution >= 4 is 22.8 Å². The molecule has 3 rings (SSSR count). The fraction of sp³-hybridized carbons (Fsp3) is 0.778. The van der Waals surface area contributed by atoms with Crippen LogP contribution in [-0.2, 0) is 22.3 Å². The maximum absolute atomic E-state index is 12.7. The fourth-order valence-corrected chi connectivity index (χ4v) is 4.10. The van der Waals surface area contributed by atoms with E-state index in [0.717, 1.165) is 18.6 Å². The molecule has 27 heavy (non-hydrogen) atoms. The highest BCUT2D eigenvalue weighted by atomic mass is 32.2. The smallest absolute Gasteiger partial charge is 0.410 e. The third kappa shape index (κ3) is 4.07. The molecule has 0 saturated carbocycles. The number of hydrogen-bond donors (Lipinski definition) is 0. The Hall–Kier alpha value is -1.77. The molecule has 1 saturated heterocycles. The van der Waals surface area contributed by atoms with E-state index in [1.807, 2.05) is 46.1 Å². The SMILES string of the molecule is CC(C)(C)OC(=O)N1CCC2(CC1)Cn1cnnc1C2=N[S@](=O)C(C)(C)C. The van der Waals surface area contributed by atoms with Crippen LogP contribution in [0.15, 0.2) is 10.7 Å². The average molecular weight is 396 g/mol. The average Bonchev–Trinajstić information content (AvgIpc) is 3.07. The minimum Gasteiger partial charge on any atom is -0.444 e. The Morgan fingerprint density at radius 1 is 1.22 bits per heavy atom. The maximum Gasteiger partial charge on any atom is 0.410 e. The zero-order valence-corrected chi connectivity index (χ0v) is 17.8. The van der Waals surface area contributed by atoms with Crippen molar-refractivity contribution in [1.82, 2.24) is 19.7 Å². The number of nitrogens with zero attached hydrogens (tertiary/aromatic N) is 5. The van der Waals surface area contributed by atoms with E-state index < -0.39 is 21.3 Å². The molecular weight excluding hydrogens is 366 g/mol. The Balaban J connectivity index is 1.82. The Bertz CT molecular complexity index is 780. The van der Waals surface area contributed by atoms with E-state index in [1.54, 1.807) is 11.2 Å². The van der Waals surface area contributed by atoms with Crippen molar-refractivity contribution in [2.24, 2.45) is 9.81 Å². The molecule has 9 heteroatoms. The van der Waals surface area contributed by atoms with Crippen LogP contribution in [0.1, 0.15) is 60.2 Å². The first-order valence-electron chi connectivity index (χ1n) is 9.29. The van der Waals surface area contributed by atoms with Gasteiger partial charge in [0.25, 0.3) is 0 Å². The maximum atomic E-state index is 12.7. The minimum atomic E-state index is -1.38. The third-order valence-electron chi connectivity index (χ3n) is 4.87. The summed E-state index contributed by atoms with van der Waals surface area (Å²) in [6.45, 7) is 13.2. The van der Waals surface area contributed by atoms with E-state index in [-0.39, 0.29) is 11.5 Å². The molecule has 1 fully saturated rings.